The summed E-state index contributed by atoms with van der Waals surface area (Å²) in [4.78, 5) is 4.59. The van der Waals surface area contributed by atoms with Crippen LogP contribution >= 0.6 is 11.8 Å². The van der Waals surface area contributed by atoms with Crippen molar-refractivity contribution in [1.29, 1.82) is 5.26 Å². The van der Waals surface area contributed by atoms with Crippen LogP contribution in [-0.4, -0.2) is 18.3 Å². The summed E-state index contributed by atoms with van der Waals surface area (Å²) >= 11 is 1.49. The van der Waals surface area contributed by atoms with Crippen molar-refractivity contribution < 1.29 is 4.74 Å². The fourth-order valence-electron chi connectivity index (χ4n) is 2.56. The van der Waals surface area contributed by atoms with Crippen LogP contribution in [0.25, 0.3) is 10.9 Å². The maximum absolute atomic E-state index is 9.60. The van der Waals surface area contributed by atoms with Crippen LogP contribution in [0.15, 0.2) is 53.6 Å². The number of anilines is 1. The molecule has 120 valence electrons. The molecule has 0 radical (unpaired) electrons. The lowest BCUT2D eigenvalue weighted by atomic mass is 10.1. The van der Waals surface area contributed by atoms with Gasteiger partial charge >= 0.3 is 0 Å². The predicted molar refractivity (Wildman–Crippen MR) is 98.6 cm³/mol. The van der Waals surface area contributed by atoms with Crippen LogP contribution in [0.3, 0.4) is 0 Å². The molecule has 0 spiro atoms. The topological polar surface area (TPSA) is 57.9 Å². The van der Waals surface area contributed by atoms with Crippen LogP contribution in [0.2, 0.25) is 0 Å². The molecule has 0 aliphatic heterocycles. The van der Waals surface area contributed by atoms with Gasteiger partial charge in [0, 0.05) is 11.9 Å². The van der Waals surface area contributed by atoms with Gasteiger partial charge in [0.15, 0.2) is 0 Å². The molecule has 0 unspecified atom stereocenters. The Hall–Kier alpha value is -2.71. The molecule has 4 nitrogen and oxygen atoms in total. The molecular weight excluding hydrogens is 318 g/mol. The highest BCUT2D eigenvalue weighted by molar-refractivity contribution is 7.98. The Balaban J connectivity index is 1.99. The average molecular weight is 335 g/mol. The third kappa shape index (κ3) is 3.15. The largest absolute Gasteiger partial charge is 0.497 e. The van der Waals surface area contributed by atoms with Crippen molar-refractivity contribution in [2.24, 2.45) is 0 Å². The van der Waals surface area contributed by atoms with Crippen molar-refractivity contribution in [3.63, 3.8) is 0 Å². The van der Waals surface area contributed by atoms with Gasteiger partial charge in [-0.15, -0.1) is 11.8 Å². The number of nitrogens with one attached hydrogen (secondary N) is 1. The molecule has 0 aliphatic carbocycles. The van der Waals surface area contributed by atoms with E-state index in [2.05, 4.69) is 16.4 Å². The minimum absolute atomic E-state index is 0.592. The first-order valence-electron chi connectivity index (χ1n) is 7.50. The number of rotatable bonds is 5. The summed E-state index contributed by atoms with van der Waals surface area (Å²) < 4.78 is 5.18. The van der Waals surface area contributed by atoms with E-state index in [1.165, 1.54) is 11.8 Å². The van der Waals surface area contributed by atoms with Gasteiger partial charge in [0.25, 0.3) is 0 Å². The Morgan fingerprint density at radius 1 is 1.17 bits per heavy atom. The quantitative estimate of drug-likeness (QED) is 0.698. The number of para-hydroxylation sites is 1. The number of hydrogen-bond donors (Lipinski definition) is 1. The Morgan fingerprint density at radius 2 is 1.92 bits per heavy atom. The molecule has 1 aromatic heterocycles. The van der Waals surface area contributed by atoms with Crippen molar-refractivity contribution in [2.45, 2.75) is 11.6 Å². The molecule has 3 aromatic rings. The molecule has 0 saturated heterocycles. The minimum Gasteiger partial charge on any atom is -0.497 e. The maximum atomic E-state index is 9.60. The number of pyridine rings is 1. The lowest BCUT2D eigenvalue weighted by molar-refractivity contribution is 0.414. The van der Waals surface area contributed by atoms with Crippen molar-refractivity contribution in [3.8, 4) is 11.8 Å². The summed E-state index contributed by atoms with van der Waals surface area (Å²) in [7, 11) is 1.65. The first-order valence-corrected chi connectivity index (χ1v) is 8.73. The van der Waals surface area contributed by atoms with Crippen molar-refractivity contribution >= 4 is 28.4 Å². The van der Waals surface area contributed by atoms with Gasteiger partial charge in [-0.2, -0.15) is 5.26 Å². The molecule has 0 atom stereocenters. The highest BCUT2D eigenvalue weighted by Crippen LogP contribution is 2.32. The Kier molecular flexibility index (Phi) is 4.88. The third-order valence-electron chi connectivity index (χ3n) is 3.79. The Labute approximate surface area is 145 Å². The van der Waals surface area contributed by atoms with Crippen molar-refractivity contribution in [3.05, 3.63) is 59.7 Å². The normalized spacial score (nSPS) is 10.4. The minimum atomic E-state index is 0.592. The van der Waals surface area contributed by atoms with Gasteiger partial charge in [-0.1, -0.05) is 30.3 Å². The van der Waals surface area contributed by atoms with E-state index in [1.807, 2.05) is 54.8 Å². The van der Waals surface area contributed by atoms with Gasteiger partial charge < -0.3 is 10.1 Å². The number of nitriles is 1. The summed E-state index contributed by atoms with van der Waals surface area (Å²) in [6, 6.07) is 18.1. The highest BCUT2D eigenvalue weighted by atomic mass is 32.2. The van der Waals surface area contributed by atoms with Crippen LogP contribution in [-0.2, 0) is 6.54 Å². The summed E-state index contributed by atoms with van der Waals surface area (Å²) in [5.41, 5.74) is 3.43. The van der Waals surface area contributed by atoms with Gasteiger partial charge in [0.1, 0.15) is 22.4 Å². The standard InChI is InChI=1S/C19H17N3OS/c1-23-14-9-7-13(8-10-14)12-21-18-15-5-3-4-6-17(15)22-19(24-2)16(18)11-20/h3-10H,12H2,1-2H3,(H,21,22). The number of fused-ring (bicyclic) bond motifs is 1. The van der Waals surface area contributed by atoms with Gasteiger partial charge in [-0.05, 0) is 30.0 Å². The van der Waals surface area contributed by atoms with Crippen LogP contribution in [0.4, 0.5) is 5.69 Å². The predicted octanol–water partition coefficient (Wildman–Crippen LogP) is 4.45. The molecule has 0 aliphatic rings. The summed E-state index contributed by atoms with van der Waals surface area (Å²) in [6.45, 7) is 0.625. The third-order valence-corrected chi connectivity index (χ3v) is 4.47. The molecule has 0 amide bonds. The second-order valence-corrected chi connectivity index (χ2v) is 6.00. The van der Waals surface area contributed by atoms with E-state index in [9.17, 15) is 5.26 Å². The van der Waals surface area contributed by atoms with Crippen molar-refractivity contribution in [1.82, 2.24) is 4.98 Å². The van der Waals surface area contributed by atoms with Gasteiger partial charge in [-0.3, -0.25) is 0 Å². The Morgan fingerprint density at radius 3 is 2.58 bits per heavy atom. The molecule has 0 saturated carbocycles. The van der Waals surface area contributed by atoms with Crippen LogP contribution in [0.1, 0.15) is 11.1 Å². The fourth-order valence-corrected chi connectivity index (χ4v) is 3.10. The van der Waals surface area contributed by atoms with E-state index in [0.717, 1.165) is 32.9 Å². The van der Waals surface area contributed by atoms with Gasteiger partial charge in [0.05, 0.1) is 18.3 Å². The molecule has 0 fully saturated rings. The lowest BCUT2D eigenvalue weighted by Gasteiger charge is -2.14. The zero-order valence-electron chi connectivity index (χ0n) is 13.5. The smallest absolute Gasteiger partial charge is 0.118 e. The van der Waals surface area contributed by atoms with E-state index >= 15 is 0 Å². The summed E-state index contributed by atoms with van der Waals surface area (Å²) in [5.74, 6) is 0.829. The number of methoxy groups -OCH3 is 1. The lowest BCUT2D eigenvalue weighted by Crippen LogP contribution is -2.04. The van der Waals surface area contributed by atoms with E-state index in [-0.39, 0.29) is 0 Å². The number of nitrogens with zero attached hydrogens (tertiary/aromatic N) is 2. The number of thioether (sulfide) groups is 1. The second kappa shape index (κ2) is 7.24. The molecule has 1 heterocycles. The number of hydrogen-bond acceptors (Lipinski definition) is 5. The molecule has 0 bridgehead atoms. The van der Waals surface area contributed by atoms with E-state index in [4.69, 9.17) is 4.74 Å². The average Bonchev–Trinajstić information content (AvgIpc) is 2.65. The summed E-state index contributed by atoms with van der Waals surface area (Å²) in [5, 5.41) is 14.7. The highest BCUT2D eigenvalue weighted by Gasteiger charge is 2.14. The van der Waals surface area contributed by atoms with Gasteiger partial charge in [-0.25, -0.2) is 4.98 Å². The zero-order valence-corrected chi connectivity index (χ0v) is 14.4. The Bertz CT molecular complexity index is 901. The monoisotopic (exact) mass is 335 g/mol. The number of aromatic nitrogens is 1. The maximum Gasteiger partial charge on any atom is 0.118 e. The second-order valence-electron chi connectivity index (χ2n) is 5.20. The molecular formula is C19H17N3OS. The van der Waals surface area contributed by atoms with E-state index in [1.54, 1.807) is 7.11 Å². The first-order chi connectivity index (χ1) is 11.8. The number of ether oxygens (including phenoxy) is 1. The molecule has 24 heavy (non-hydrogen) atoms. The summed E-state index contributed by atoms with van der Waals surface area (Å²) in [6.07, 6.45) is 1.94. The molecule has 3 rings (SSSR count). The van der Waals surface area contributed by atoms with Gasteiger partial charge in [0.2, 0.25) is 0 Å². The van der Waals surface area contributed by atoms with Crippen molar-refractivity contribution in [2.75, 3.05) is 18.7 Å². The molecule has 1 N–H and O–H groups in total. The van der Waals surface area contributed by atoms with E-state index in [0.29, 0.717) is 12.1 Å². The number of benzene rings is 2. The fraction of sp³-hybridized carbons (Fsp3) is 0.158. The zero-order chi connectivity index (χ0) is 16.9. The SMILES string of the molecule is COc1ccc(CNc2c(C#N)c(SC)nc3ccccc23)cc1. The molecule has 5 heteroatoms. The van der Waals surface area contributed by atoms with E-state index < -0.39 is 0 Å². The van der Waals surface area contributed by atoms with Crippen LogP contribution in [0.5, 0.6) is 5.75 Å². The first kappa shape index (κ1) is 16.2. The van der Waals surface area contributed by atoms with Crippen LogP contribution in [0, 0.1) is 11.3 Å². The molecule has 2 aromatic carbocycles. The van der Waals surface area contributed by atoms with Crippen LogP contribution < -0.4 is 10.1 Å².